The lowest BCUT2D eigenvalue weighted by Gasteiger charge is -1.93. The molecule has 0 aliphatic rings. The second-order valence-electron chi connectivity index (χ2n) is 2.41. The van der Waals surface area contributed by atoms with Gasteiger partial charge in [0.15, 0.2) is 0 Å². The minimum Gasteiger partial charge on any atom is -0.0654 e. The Bertz CT molecular complexity index is 29.5. The minimum absolute atomic E-state index is 0. The van der Waals surface area contributed by atoms with E-state index in [9.17, 15) is 0 Å². The zero-order chi connectivity index (χ0) is 6.24. The van der Waals surface area contributed by atoms with Gasteiger partial charge in [-0.2, -0.15) is 0 Å². The normalized spacial score (nSPS) is 9.75. The SMILES string of the molecule is CCCCCCCC.[HH]. The van der Waals surface area contributed by atoms with Crippen molar-refractivity contribution in [3.05, 3.63) is 0 Å². The van der Waals surface area contributed by atoms with Gasteiger partial charge >= 0.3 is 0 Å². The predicted molar refractivity (Wildman–Crippen MR) is 41.2 cm³/mol. The van der Waals surface area contributed by atoms with Gasteiger partial charge in [0.1, 0.15) is 0 Å². The van der Waals surface area contributed by atoms with E-state index >= 15 is 0 Å². The van der Waals surface area contributed by atoms with E-state index in [0.29, 0.717) is 0 Å². The highest BCUT2D eigenvalue weighted by Crippen LogP contribution is 2.03. The zero-order valence-corrected chi connectivity index (χ0v) is 6.24. The molecule has 0 saturated carbocycles. The van der Waals surface area contributed by atoms with Crippen molar-refractivity contribution in [3.63, 3.8) is 0 Å². The van der Waals surface area contributed by atoms with Crippen LogP contribution in [0.3, 0.4) is 0 Å². The summed E-state index contributed by atoms with van der Waals surface area (Å²) in [4.78, 5) is 0. The third-order valence-electron chi connectivity index (χ3n) is 1.46. The molecule has 0 heteroatoms. The summed E-state index contributed by atoms with van der Waals surface area (Å²) in [5.74, 6) is 0. The molecule has 0 aliphatic carbocycles. The van der Waals surface area contributed by atoms with Crippen LogP contribution in [-0.2, 0) is 0 Å². The van der Waals surface area contributed by atoms with Crippen molar-refractivity contribution >= 4 is 0 Å². The molecule has 0 saturated heterocycles. The molecule has 8 heavy (non-hydrogen) atoms. The Morgan fingerprint density at radius 1 is 0.750 bits per heavy atom. The molecule has 0 nitrogen and oxygen atoms in total. The zero-order valence-electron chi connectivity index (χ0n) is 6.24. The van der Waals surface area contributed by atoms with Gasteiger partial charge in [-0.25, -0.2) is 0 Å². The van der Waals surface area contributed by atoms with Gasteiger partial charge in [0, 0.05) is 1.43 Å². The van der Waals surface area contributed by atoms with E-state index in [1.165, 1.54) is 38.5 Å². The van der Waals surface area contributed by atoms with Crippen molar-refractivity contribution in [2.45, 2.75) is 52.4 Å². The van der Waals surface area contributed by atoms with Crippen molar-refractivity contribution in [2.24, 2.45) is 0 Å². The third-order valence-corrected chi connectivity index (χ3v) is 1.46. The highest BCUT2D eigenvalue weighted by Gasteiger charge is 1.83. The van der Waals surface area contributed by atoms with Crippen LogP contribution in [0, 0.1) is 0 Å². The van der Waals surface area contributed by atoms with Crippen LogP contribution in [0.25, 0.3) is 0 Å². The first-order valence-corrected chi connectivity index (χ1v) is 3.91. The quantitative estimate of drug-likeness (QED) is 0.481. The van der Waals surface area contributed by atoms with E-state index in [2.05, 4.69) is 13.8 Å². The van der Waals surface area contributed by atoms with E-state index in [4.69, 9.17) is 0 Å². The number of hydrogen-bond acceptors (Lipinski definition) is 0. The largest absolute Gasteiger partial charge is 0.0654 e. The summed E-state index contributed by atoms with van der Waals surface area (Å²) < 4.78 is 0. The van der Waals surface area contributed by atoms with Crippen LogP contribution in [0.1, 0.15) is 53.8 Å². The molecule has 0 heterocycles. The predicted octanol–water partition coefficient (Wildman–Crippen LogP) is 3.61. The van der Waals surface area contributed by atoms with E-state index in [0.717, 1.165) is 0 Å². The average molecular weight is 116 g/mol. The van der Waals surface area contributed by atoms with Crippen molar-refractivity contribution in [2.75, 3.05) is 0 Å². The molecule has 0 rings (SSSR count). The number of rotatable bonds is 5. The summed E-state index contributed by atoms with van der Waals surface area (Å²) in [6.45, 7) is 4.51. The van der Waals surface area contributed by atoms with Gasteiger partial charge < -0.3 is 0 Å². The Balaban J connectivity index is 0. The van der Waals surface area contributed by atoms with Crippen LogP contribution in [0.2, 0.25) is 0 Å². The molecule has 0 N–H and O–H groups in total. The fourth-order valence-electron chi connectivity index (χ4n) is 0.854. The Morgan fingerprint density at radius 3 is 1.38 bits per heavy atom. The third kappa shape index (κ3) is 6.00. The van der Waals surface area contributed by atoms with Crippen molar-refractivity contribution in [3.8, 4) is 0 Å². The number of unbranched alkanes of at least 4 members (excludes halogenated alkanes) is 5. The highest BCUT2D eigenvalue weighted by atomic mass is 13.9. The molecule has 0 aromatic heterocycles. The van der Waals surface area contributed by atoms with E-state index in [1.807, 2.05) is 0 Å². The molecule has 0 bridgehead atoms. The van der Waals surface area contributed by atoms with Crippen LogP contribution < -0.4 is 0 Å². The first kappa shape index (κ1) is 8.00. The maximum atomic E-state index is 2.26. The minimum atomic E-state index is 0. The lowest BCUT2D eigenvalue weighted by Crippen LogP contribution is -1.73. The average Bonchev–Trinajstić information content (AvgIpc) is 1.81. The van der Waals surface area contributed by atoms with E-state index < -0.39 is 0 Å². The smallest absolute Gasteiger partial charge is 0 e. The molecule has 0 fully saturated rings. The Kier molecular flexibility index (Phi) is 7.00. The summed E-state index contributed by atoms with van der Waals surface area (Å²) in [6, 6.07) is 0. The first-order chi connectivity index (χ1) is 3.91. The first-order valence-electron chi connectivity index (χ1n) is 3.91. The Hall–Kier alpha value is 0. The van der Waals surface area contributed by atoms with Crippen molar-refractivity contribution in [1.29, 1.82) is 0 Å². The molecule has 52 valence electrons. The fraction of sp³-hybridized carbons (Fsp3) is 1.00. The lowest BCUT2D eigenvalue weighted by molar-refractivity contribution is 0.624. The fourth-order valence-corrected chi connectivity index (χ4v) is 0.854. The van der Waals surface area contributed by atoms with Crippen LogP contribution >= 0.6 is 0 Å². The maximum absolute atomic E-state index is 2.26. The molecule has 0 radical (unpaired) electrons. The standard InChI is InChI=1S/C8H18.H2/c1-3-5-7-8-6-4-2;/h3-8H2,1-2H3;1H. The Morgan fingerprint density at radius 2 is 1.12 bits per heavy atom. The summed E-state index contributed by atoms with van der Waals surface area (Å²) >= 11 is 0. The molecule has 0 unspecified atom stereocenters. The van der Waals surface area contributed by atoms with Gasteiger partial charge in [-0.1, -0.05) is 52.4 Å². The second kappa shape index (κ2) is 7.00. The molecule has 0 aromatic carbocycles. The molecule has 0 atom stereocenters. The summed E-state index contributed by atoms with van der Waals surface area (Å²) in [7, 11) is 0. The Labute approximate surface area is 54.8 Å². The van der Waals surface area contributed by atoms with Gasteiger partial charge in [0.05, 0.1) is 0 Å². The molecule has 0 aliphatic heterocycles. The van der Waals surface area contributed by atoms with Gasteiger partial charge in [-0.3, -0.25) is 0 Å². The maximum Gasteiger partial charge on any atom is 0 e. The van der Waals surface area contributed by atoms with E-state index in [1.54, 1.807) is 0 Å². The van der Waals surface area contributed by atoms with Crippen molar-refractivity contribution < 1.29 is 1.43 Å². The van der Waals surface area contributed by atoms with Gasteiger partial charge in [-0.05, 0) is 0 Å². The van der Waals surface area contributed by atoms with Gasteiger partial charge in [0.25, 0.3) is 0 Å². The topological polar surface area (TPSA) is 0 Å². The van der Waals surface area contributed by atoms with E-state index in [-0.39, 0.29) is 1.43 Å². The summed E-state index contributed by atoms with van der Waals surface area (Å²) in [5, 5.41) is 0. The van der Waals surface area contributed by atoms with Crippen molar-refractivity contribution in [1.82, 2.24) is 0 Å². The lowest BCUT2D eigenvalue weighted by atomic mass is 10.1. The monoisotopic (exact) mass is 116 g/mol. The van der Waals surface area contributed by atoms with Crippen LogP contribution in [-0.4, -0.2) is 0 Å². The van der Waals surface area contributed by atoms with Gasteiger partial charge in [-0.15, -0.1) is 0 Å². The summed E-state index contributed by atoms with van der Waals surface area (Å²) in [5.41, 5.74) is 0. The molecule has 0 aromatic rings. The molecular formula is C8H20. The van der Waals surface area contributed by atoms with Crippen LogP contribution in [0.5, 0.6) is 0 Å². The highest BCUT2D eigenvalue weighted by molar-refractivity contribution is 4.39. The molecule has 0 amide bonds. The van der Waals surface area contributed by atoms with Crippen LogP contribution in [0.4, 0.5) is 0 Å². The number of hydrogen-bond donors (Lipinski definition) is 0. The molecule has 0 spiro atoms. The second-order valence-corrected chi connectivity index (χ2v) is 2.41. The summed E-state index contributed by atoms with van der Waals surface area (Å²) in [6.07, 6.45) is 8.49. The van der Waals surface area contributed by atoms with Gasteiger partial charge in [0.2, 0.25) is 0 Å². The van der Waals surface area contributed by atoms with Crippen LogP contribution in [0.15, 0.2) is 0 Å². The molecular weight excluding hydrogens is 96.1 g/mol.